The average Bonchev–Trinajstić information content (AvgIpc) is 3.00. The number of aromatic hydroxyl groups is 1. The first-order chi connectivity index (χ1) is 11.2. The second-order valence-electron chi connectivity index (χ2n) is 5.15. The van der Waals surface area contributed by atoms with Gasteiger partial charge in [0, 0.05) is 9.86 Å². The quantitative estimate of drug-likeness (QED) is 0.716. The van der Waals surface area contributed by atoms with Crippen LogP contribution in [-0.2, 0) is 0 Å². The molecule has 1 aliphatic rings. The number of hydrogen-bond donors (Lipinski definition) is 1. The van der Waals surface area contributed by atoms with Gasteiger partial charge in [0.1, 0.15) is 11.3 Å². The normalized spacial score (nSPS) is 13.1. The fraction of sp³-hybridized carbons (Fsp3) is 0.0556. The molecular weight excluding hydrogens is 358 g/mol. The van der Waals surface area contributed by atoms with Crippen molar-refractivity contribution in [3.8, 4) is 17.2 Å². The van der Waals surface area contributed by atoms with Gasteiger partial charge in [-0.3, -0.25) is 0 Å². The van der Waals surface area contributed by atoms with Gasteiger partial charge in [-0.15, -0.1) is 0 Å². The summed E-state index contributed by atoms with van der Waals surface area (Å²) >= 11 is 3.53. The zero-order valence-corrected chi connectivity index (χ0v) is 13.6. The van der Waals surface area contributed by atoms with Crippen LogP contribution in [0.15, 0.2) is 46.9 Å². The van der Waals surface area contributed by atoms with Gasteiger partial charge in [0.05, 0.1) is 5.69 Å². The van der Waals surface area contributed by atoms with Crippen molar-refractivity contribution in [3.05, 3.63) is 58.2 Å². The molecule has 0 radical (unpaired) electrons. The van der Waals surface area contributed by atoms with E-state index in [-0.39, 0.29) is 12.5 Å². The zero-order chi connectivity index (χ0) is 15.8. The van der Waals surface area contributed by atoms with E-state index in [9.17, 15) is 5.11 Å². The average molecular weight is 370 g/mol. The summed E-state index contributed by atoms with van der Waals surface area (Å²) in [6, 6.07) is 13.0. The second-order valence-corrected chi connectivity index (χ2v) is 6.00. The maximum atomic E-state index is 9.91. The summed E-state index contributed by atoms with van der Waals surface area (Å²) in [5, 5.41) is 10.8. The fourth-order valence-corrected chi connectivity index (χ4v) is 2.93. The Morgan fingerprint density at radius 3 is 2.74 bits per heavy atom. The van der Waals surface area contributed by atoms with E-state index in [1.807, 2.05) is 42.5 Å². The van der Waals surface area contributed by atoms with Gasteiger partial charge < -0.3 is 14.6 Å². The number of fused-ring (bicyclic) bond motifs is 2. The lowest BCUT2D eigenvalue weighted by atomic mass is 10.1. The topological polar surface area (TPSA) is 51.6 Å². The van der Waals surface area contributed by atoms with Crippen LogP contribution in [0.1, 0.15) is 11.3 Å². The number of phenols is 1. The standard InChI is InChI=1S/C18H12BrNO3/c19-14-9-17-16(22-10-23-17)8-12(14)5-7-13-6-4-11-2-1-3-15(21)18(11)20-13/h1-9,21H,10H2. The van der Waals surface area contributed by atoms with Crippen molar-refractivity contribution in [1.82, 2.24) is 4.98 Å². The Bertz CT molecular complexity index is 937. The summed E-state index contributed by atoms with van der Waals surface area (Å²) in [5.41, 5.74) is 2.33. The molecule has 0 saturated carbocycles. The second kappa shape index (κ2) is 5.59. The maximum Gasteiger partial charge on any atom is 0.231 e. The van der Waals surface area contributed by atoms with Gasteiger partial charge in [-0.1, -0.05) is 40.2 Å². The third-order valence-electron chi connectivity index (χ3n) is 3.65. The molecule has 2 heterocycles. The van der Waals surface area contributed by atoms with Crippen LogP contribution >= 0.6 is 15.9 Å². The minimum atomic E-state index is 0.182. The van der Waals surface area contributed by atoms with Crippen LogP contribution < -0.4 is 9.47 Å². The van der Waals surface area contributed by atoms with E-state index in [0.717, 1.165) is 32.6 Å². The van der Waals surface area contributed by atoms with E-state index in [1.165, 1.54) is 0 Å². The Morgan fingerprint density at radius 1 is 1.04 bits per heavy atom. The van der Waals surface area contributed by atoms with Gasteiger partial charge in [0.15, 0.2) is 11.5 Å². The molecule has 2 aromatic carbocycles. The number of aromatic nitrogens is 1. The number of phenolic OH excluding ortho intramolecular Hbond substituents is 1. The summed E-state index contributed by atoms with van der Waals surface area (Å²) < 4.78 is 11.7. The van der Waals surface area contributed by atoms with Crippen molar-refractivity contribution in [2.24, 2.45) is 0 Å². The molecule has 0 aliphatic carbocycles. The lowest BCUT2D eigenvalue weighted by molar-refractivity contribution is 0.174. The first kappa shape index (κ1) is 14.1. The van der Waals surface area contributed by atoms with Gasteiger partial charge in [-0.2, -0.15) is 0 Å². The summed E-state index contributed by atoms with van der Waals surface area (Å²) in [6.07, 6.45) is 3.84. The highest BCUT2D eigenvalue weighted by Gasteiger charge is 2.15. The first-order valence-electron chi connectivity index (χ1n) is 7.07. The molecule has 0 atom stereocenters. The van der Waals surface area contributed by atoms with Crippen molar-refractivity contribution in [2.45, 2.75) is 0 Å². The molecule has 0 spiro atoms. The Balaban J connectivity index is 1.70. The minimum absolute atomic E-state index is 0.182. The molecule has 0 amide bonds. The smallest absolute Gasteiger partial charge is 0.231 e. The predicted octanol–water partition coefficient (Wildman–Crippen LogP) is 4.60. The van der Waals surface area contributed by atoms with E-state index >= 15 is 0 Å². The first-order valence-corrected chi connectivity index (χ1v) is 7.86. The molecule has 114 valence electrons. The third-order valence-corrected chi connectivity index (χ3v) is 4.33. The maximum absolute atomic E-state index is 9.91. The van der Waals surface area contributed by atoms with Crippen LogP contribution in [0.25, 0.3) is 23.1 Å². The van der Waals surface area contributed by atoms with Crippen LogP contribution in [0.5, 0.6) is 17.2 Å². The van der Waals surface area contributed by atoms with Crippen molar-refractivity contribution in [3.63, 3.8) is 0 Å². The number of benzene rings is 2. The molecule has 4 nitrogen and oxygen atoms in total. The van der Waals surface area contributed by atoms with Crippen LogP contribution in [0.2, 0.25) is 0 Å². The molecule has 0 fully saturated rings. The van der Waals surface area contributed by atoms with Gasteiger partial charge >= 0.3 is 0 Å². The molecule has 23 heavy (non-hydrogen) atoms. The van der Waals surface area contributed by atoms with Gasteiger partial charge in [0.2, 0.25) is 6.79 Å². The van der Waals surface area contributed by atoms with E-state index in [0.29, 0.717) is 5.52 Å². The fourth-order valence-electron chi connectivity index (χ4n) is 2.48. The summed E-state index contributed by atoms with van der Waals surface area (Å²) in [4.78, 5) is 4.48. The highest BCUT2D eigenvalue weighted by atomic mass is 79.9. The Hall–Kier alpha value is -2.53. The Morgan fingerprint density at radius 2 is 1.87 bits per heavy atom. The zero-order valence-electron chi connectivity index (χ0n) is 12.0. The van der Waals surface area contributed by atoms with Gasteiger partial charge in [0.25, 0.3) is 0 Å². The van der Waals surface area contributed by atoms with Crippen LogP contribution in [0.4, 0.5) is 0 Å². The SMILES string of the molecule is Oc1cccc2ccc(C=Cc3cc4c(cc3Br)OCO4)nc12. The highest BCUT2D eigenvalue weighted by molar-refractivity contribution is 9.10. The van der Waals surface area contributed by atoms with Crippen LogP contribution in [-0.4, -0.2) is 16.9 Å². The molecule has 0 bridgehead atoms. The molecule has 4 rings (SSSR count). The molecule has 1 aliphatic heterocycles. The number of ether oxygens (including phenoxy) is 2. The number of para-hydroxylation sites is 1. The molecule has 3 aromatic rings. The van der Waals surface area contributed by atoms with Crippen molar-refractivity contribution < 1.29 is 14.6 Å². The number of pyridine rings is 1. The lowest BCUT2D eigenvalue weighted by Crippen LogP contribution is -1.92. The van der Waals surface area contributed by atoms with Gasteiger partial charge in [-0.25, -0.2) is 4.98 Å². The number of hydrogen-bond acceptors (Lipinski definition) is 4. The molecule has 1 N–H and O–H groups in total. The van der Waals surface area contributed by atoms with Crippen molar-refractivity contribution in [1.29, 1.82) is 0 Å². The summed E-state index contributed by atoms with van der Waals surface area (Å²) in [7, 11) is 0. The number of nitrogens with zero attached hydrogens (tertiary/aromatic N) is 1. The predicted molar refractivity (Wildman–Crippen MR) is 92.6 cm³/mol. The van der Waals surface area contributed by atoms with Gasteiger partial charge in [-0.05, 0) is 35.9 Å². The van der Waals surface area contributed by atoms with Crippen LogP contribution in [0, 0.1) is 0 Å². The summed E-state index contributed by atoms with van der Waals surface area (Å²) in [5.74, 6) is 1.65. The molecule has 0 saturated heterocycles. The largest absolute Gasteiger partial charge is 0.506 e. The molecular formula is C18H12BrNO3. The van der Waals surface area contributed by atoms with E-state index in [2.05, 4.69) is 20.9 Å². The number of rotatable bonds is 2. The molecule has 5 heteroatoms. The number of halogens is 1. The monoisotopic (exact) mass is 369 g/mol. The highest BCUT2D eigenvalue weighted by Crippen LogP contribution is 2.37. The minimum Gasteiger partial charge on any atom is -0.506 e. The van der Waals surface area contributed by atoms with E-state index in [4.69, 9.17) is 9.47 Å². The van der Waals surface area contributed by atoms with E-state index in [1.54, 1.807) is 12.1 Å². The van der Waals surface area contributed by atoms with Crippen LogP contribution in [0.3, 0.4) is 0 Å². The van der Waals surface area contributed by atoms with E-state index < -0.39 is 0 Å². The van der Waals surface area contributed by atoms with Crippen molar-refractivity contribution >= 4 is 39.0 Å². The third kappa shape index (κ3) is 2.64. The molecule has 1 aromatic heterocycles. The summed E-state index contributed by atoms with van der Waals surface area (Å²) in [6.45, 7) is 0.250. The Kier molecular flexibility index (Phi) is 3.42. The van der Waals surface area contributed by atoms with Crippen molar-refractivity contribution in [2.75, 3.05) is 6.79 Å². The lowest BCUT2D eigenvalue weighted by Gasteiger charge is -2.03. The molecule has 0 unspecified atom stereocenters. The Labute approximate surface area is 141 Å².